The third-order valence-corrected chi connectivity index (χ3v) is 5.89. The third kappa shape index (κ3) is 7.21. The van der Waals surface area contributed by atoms with Crippen LogP contribution >= 0.6 is 11.6 Å². The first-order valence-corrected chi connectivity index (χ1v) is 12.2. The van der Waals surface area contributed by atoms with Gasteiger partial charge in [-0.1, -0.05) is 29.8 Å². The molecular formula is C24H18ClF5N8O5. The van der Waals surface area contributed by atoms with E-state index in [4.69, 9.17) is 11.6 Å². The molecule has 0 bridgehead atoms. The molecule has 0 aliphatic heterocycles. The van der Waals surface area contributed by atoms with Gasteiger partial charge in [0.15, 0.2) is 11.5 Å². The minimum atomic E-state index is -5.49. The zero-order chi connectivity index (χ0) is 31.4. The summed E-state index contributed by atoms with van der Waals surface area (Å²) in [6, 6.07) is 8.18. The number of aromatic nitrogens is 6. The number of pyridine rings is 1. The molecule has 0 atom stereocenters. The maximum atomic E-state index is 14.6. The van der Waals surface area contributed by atoms with Gasteiger partial charge in [-0.25, -0.2) is 19.4 Å². The molecule has 0 saturated carbocycles. The average Bonchev–Trinajstić information content (AvgIpc) is 3.49. The monoisotopic (exact) mass is 628 g/mol. The summed E-state index contributed by atoms with van der Waals surface area (Å²) >= 11 is 5.99. The van der Waals surface area contributed by atoms with Gasteiger partial charge >= 0.3 is 18.1 Å². The largest absolute Gasteiger partial charge is 0.506 e. The molecule has 0 aliphatic rings. The highest BCUT2D eigenvalue weighted by Gasteiger charge is 2.43. The maximum absolute atomic E-state index is 14.6. The molecule has 13 nitrogen and oxygen atoms in total. The Kier molecular flexibility index (Phi) is 8.88. The van der Waals surface area contributed by atoms with E-state index in [1.807, 2.05) is 0 Å². The van der Waals surface area contributed by atoms with Crippen LogP contribution in [0.5, 0.6) is 5.75 Å². The lowest BCUT2D eigenvalue weighted by Gasteiger charge is -2.23. The number of hydroxylamine groups is 2. The predicted octanol–water partition coefficient (Wildman–Crippen LogP) is 2.83. The van der Waals surface area contributed by atoms with Crippen molar-refractivity contribution in [3.05, 3.63) is 88.2 Å². The normalized spacial score (nSPS) is 11.7. The topological polar surface area (TPSA) is 157 Å². The Hall–Kier alpha value is -5.13. The van der Waals surface area contributed by atoms with Crippen LogP contribution < -0.4 is 10.9 Å². The van der Waals surface area contributed by atoms with Crippen molar-refractivity contribution in [3.63, 3.8) is 0 Å². The highest BCUT2D eigenvalue weighted by atomic mass is 35.5. The summed E-state index contributed by atoms with van der Waals surface area (Å²) in [5.74, 6) is -9.40. The molecule has 3 heterocycles. The Labute approximate surface area is 242 Å². The average molecular weight is 629 g/mol. The van der Waals surface area contributed by atoms with Gasteiger partial charge in [0.25, 0.3) is 11.5 Å². The maximum Gasteiger partial charge on any atom is 0.493 e. The number of nitrogens with zero attached hydrogens (tertiary/aromatic N) is 7. The minimum absolute atomic E-state index is 0.0693. The molecule has 1 aromatic carbocycles. The molecule has 4 aromatic rings. The van der Waals surface area contributed by atoms with Crippen molar-refractivity contribution < 1.29 is 41.5 Å². The molecule has 0 aliphatic carbocycles. The van der Waals surface area contributed by atoms with Gasteiger partial charge in [0.1, 0.15) is 30.1 Å². The van der Waals surface area contributed by atoms with Crippen molar-refractivity contribution >= 4 is 29.3 Å². The Morgan fingerprint density at radius 1 is 1.09 bits per heavy atom. The molecule has 3 aromatic heterocycles. The highest BCUT2D eigenvalue weighted by Crippen LogP contribution is 2.32. The minimum Gasteiger partial charge on any atom is -0.506 e. The number of para-hydroxylation sites is 1. The van der Waals surface area contributed by atoms with Crippen LogP contribution in [0.1, 0.15) is 11.3 Å². The van der Waals surface area contributed by atoms with Crippen LogP contribution in [0.2, 0.25) is 5.15 Å². The van der Waals surface area contributed by atoms with Gasteiger partial charge in [0.05, 0.1) is 25.0 Å². The molecule has 43 heavy (non-hydrogen) atoms. The van der Waals surface area contributed by atoms with Gasteiger partial charge < -0.3 is 15.3 Å². The van der Waals surface area contributed by atoms with E-state index in [9.17, 15) is 41.4 Å². The van der Waals surface area contributed by atoms with Crippen molar-refractivity contribution in [2.75, 3.05) is 11.9 Å². The molecule has 0 unspecified atom stereocenters. The molecule has 0 radical (unpaired) electrons. The van der Waals surface area contributed by atoms with Gasteiger partial charge in [0, 0.05) is 11.8 Å². The van der Waals surface area contributed by atoms with Gasteiger partial charge in [-0.05, 0) is 18.2 Å². The molecule has 0 spiro atoms. The Balaban J connectivity index is 1.60. The zero-order valence-corrected chi connectivity index (χ0v) is 22.1. The molecule has 226 valence electrons. The van der Waals surface area contributed by atoms with E-state index in [-0.39, 0.29) is 16.3 Å². The number of carbonyl (C=O) groups excluding carboxylic acids is 2. The van der Waals surface area contributed by atoms with Gasteiger partial charge in [0.2, 0.25) is 0 Å². The van der Waals surface area contributed by atoms with E-state index in [2.05, 4.69) is 30.2 Å². The number of anilines is 1. The van der Waals surface area contributed by atoms with Gasteiger partial charge in [-0.3, -0.25) is 19.1 Å². The van der Waals surface area contributed by atoms with Crippen LogP contribution in [0.4, 0.5) is 27.8 Å². The van der Waals surface area contributed by atoms with Crippen molar-refractivity contribution in [1.82, 2.24) is 34.4 Å². The number of rotatable bonds is 9. The number of nitrogens with one attached hydrogen (secondary N) is 1. The predicted molar refractivity (Wildman–Crippen MR) is 136 cm³/mol. The lowest BCUT2D eigenvalue weighted by Crippen LogP contribution is -2.41. The summed E-state index contributed by atoms with van der Waals surface area (Å²) in [4.78, 5) is 53.0. The SMILES string of the molecule is O=C(Cn1c(Cl)cnc(NCC(F)(F)c2ncccc2O)c1=O)N(Cc1ccccc1-n1cncn1)OC(=O)C(F)(F)F. The van der Waals surface area contributed by atoms with Crippen molar-refractivity contribution in [3.8, 4) is 11.4 Å². The number of halogens is 6. The molecule has 0 saturated heterocycles. The van der Waals surface area contributed by atoms with E-state index in [1.165, 1.54) is 41.6 Å². The first-order valence-electron chi connectivity index (χ1n) is 11.8. The molecule has 4 rings (SSSR count). The summed E-state index contributed by atoms with van der Waals surface area (Å²) in [6.45, 7) is -3.11. The zero-order valence-electron chi connectivity index (χ0n) is 21.4. The second-order valence-corrected chi connectivity index (χ2v) is 8.91. The second kappa shape index (κ2) is 12.4. The standard InChI is InChI=1S/C24H18ClF5N8O5/c25-17-8-33-20(34-11-23(26,27)19-16(39)6-3-7-32-19)21(41)36(17)10-18(40)38(43-22(42)24(28,29)30)9-14-4-1-2-5-15(14)37-13-31-12-35-37/h1-8,12-13,39H,9-11H2,(H,33,34). The van der Waals surface area contributed by atoms with E-state index in [1.54, 1.807) is 6.07 Å². The number of aromatic hydroxyl groups is 1. The number of amides is 1. The summed E-state index contributed by atoms with van der Waals surface area (Å²) in [7, 11) is 0. The van der Waals surface area contributed by atoms with E-state index in [0.29, 0.717) is 4.57 Å². The van der Waals surface area contributed by atoms with E-state index < -0.39 is 71.6 Å². The summed E-state index contributed by atoms with van der Waals surface area (Å²) < 4.78 is 70.1. The summed E-state index contributed by atoms with van der Waals surface area (Å²) in [5, 5.41) is 15.3. The van der Waals surface area contributed by atoms with Crippen molar-refractivity contribution in [1.29, 1.82) is 0 Å². The van der Waals surface area contributed by atoms with Crippen molar-refractivity contribution in [2.45, 2.75) is 25.2 Å². The summed E-state index contributed by atoms with van der Waals surface area (Å²) in [6.07, 6.45) is -1.19. The number of alkyl halides is 5. The van der Waals surface area contributed by atoms with Crippen LogP contribution in [0, 0.1) is 0 Å². The second-order valence-electron chi connectivity index (χ2n) is 8.53. The molecule has 2 N–H and O–H groups in total. The quantitative estimate of drug-likeness (QED) is 0.209. The first-order chi connectivity index (χ1) is 20.3. The van der Waals surface area contributed by atoms with Gasteiger partial charge in [-0.2, -0.15) is 32.1 Å². The fourth-order valence-electron chi connectivity index (χ4n) is 3.59. The van der Waals surface area contributed by atoms with Crippen LogP contribution in [0.15, 0.2) is 66.2 Å². The number of hydrogen-bond donors (Lipinski definition) is 2. The van der Waals surface area contributed by atoms with E-state index in [0.717, 1.165) is 18.5 Å². The Bertz CT molecular complexity index is 1680. The molecule has 0 fully saturated rings. The fourth-order valence-corrected chi connectivity index (χ4v) is 3.77. The van der Waals surface area contributed by atoms with E-state index >= 15 is 0 Å². The highest BCUT2D eigenvalue weighted by molar-refractivity contribution is 6.29. The van der Waals surface area contributed by atoms with Crippen LogP contribution in [0.25, 0.3) is 5.69 Å². The van der Waals surface area contributed by atoms with Crippen LogP contribution in [-0.2, 0) is 33.4 Å². The first kappa shape index (κ1) is 30.8. The van der Waals surface area contributed by atoms with Crippen LogP contribution in [0.3, 0.4) is 0 Å². The lowest BCUT2D eigenvalue weighted by atomic mass is 10.1. The van der Waals surface area contributed by atoms with Crippen LogP contribution in [-0.4, -0.2) is 64.1 Å². The Morgan fingerprint density at radius 3 is 2.51 bits per heavy atom. The number of benzene rings is 1. The van der Waals surface area contributed by atoms with Gasteiger partial charge in [-0.15, -0.1) is 0 Å². The number of carbonyl (C=O) groups is 2. The number of hydrogen-bond acceptors (Lipinski definition) is 10. The Morgan fingerprint density at radius 2 is 1.84 bits per heavy atom. The molecule has 19 heteroatoms. The van der Waals surface area contributed by atoms with Crippen molar-refractivity contribution in [2.24, 2.45) is 0 Å². The summed E-state index contributed by atoms with van der Waals surface area (Å²) in [5.41, 5.74) is -1.77. The molecular weight excluding hydrogens is 611 g/mol. The fraction of sp³-hybridized carbons (Fsp3) is 0.208. The third-order valence-electron chi connectivity index (χ3n) is 5.58. The molecule has 1 amide bonds. The lowest BCUT2D eigenvalue weighted by molar-refractivity contribution is -0.239. The smallest absolute Gasteiger partial charge is 0.493 e.